The third-order valence-electron chi connectivity index (χ3n) is 7.30. The summed E-state index contributed by atoms with van der Waals surface area (Å²) in [5.74, 6) is 2.56. The first-order valence-corrected chi connectivity index (χ1v) is 10.8. The highest BCUT2D eigenvalue weighted by Crippen LogP contribution is 2.61. The molecule has 154 valence electrons. The van der Waals surface area contributed by atoms with Gasteiger partial charge < -0.3 is 5.32 Å². The van der Waals surface area contributed by atoms with Gasteiger partial charge in [0.15, 0.2) is 0 Å². The van der Waals surface area contributed by atoms with Crippen molar-refractivity contribution in [3.63, 3.8) is 0 Å². The molecule has 0 aromatic heterocycles. The molecule has 4 saturated carbocycles. The van der Waals surface area contributed by atoms with Crippen molar-refractivity contribution >= 4 is 23.0 Å². The van der Waals surface area contributed by atoms with E-state index < -0.39 is 11.7 Å². The van der Waals surface area contributed by atoms with Crippen molar-refractivity contribution in [3.05, 3.63) is 58.1 Å². The molecule has 0 spiro atoms. The standard InChI is InChI=1S/C24H25ClF3N/c1-14-4-19(24(26,27)28)9-20(5-14)29-22-3-2-18(10-21(22)25)23-11-15-6-16(12-23)8-17(7-15)13-23/h2-5,9-10,15-17,29H,6-8,11-13H2,1H3. The normalized spacial score (nSPS) is 30.6. The first-order chi connectivity index (χ1) is 13.7. The van der Waals surface area contributed by atoms with Gasteiger partial charge in [0, 0.05) is 5.69 Å². The van der Waals surface area contributed by atoms with Crippen molar-refractivity contribution < 1.29 is 13.2 Å². The summed E-state index contributed by atoms with van der Waals surface area (Å²) in [5.41, 5.74) is 2.53. The van der Waals surface area contributed by atoms with Gasteiger partial charge >= 0.3 is 6.18 Å². The fourth-order valence-corrected chi connectivity index (χ4v) is 6.81. The molecule has 0 radical (unpaired) electrons. The Morgan fingerprint density at radius 2 is 1.55 bits per heavy atom. The molecule has 0 heterocycles. The highest BCUT2D eigenvalue weighted by molar-refractivity contribution is 6.33. The molecule has 1 N–H and O–H groups in total. The van der Waals surface area contributed by atoms with Crippen molar-refractivity contribution in [2.45, 2.75) is 57.0 Å². The van der Waals surface area contributed by atoms with Crippen LogP contribution >= 0.6 is 11.6 Å². The summed E-state index contributed by atoms with van der Waals surface area (Å²) < 4.78 is 39.4. The topological polar surface area (TPSA) is 12.0 Å². The Hall–Kier alpha value is -1.68. The van der Waals surface area contributed by atoms with Crippen LogP contribution in [0.1, 0.15) is 55.2 Å². The van der Waals surface area contributed by atoms with Crippen LogP contribution in [0.5, 0.6) is 0 Å². The van der Waals surface area contributed by atoms with E-state index in [0.717, 1.165) is 29.9 Å². The van der Waals surface area contributed by atoms with Gasteiger partial charge in [-0.15, -0.1) is 0 Å². The minimum atomic E-state index is -4.37. The summed E-state index contributed by atoms with van der Waals surface area (Å²) in [6, 6.07) is 10.1. The van der Waals surface area contributed by atoms with Crippen LogP contribution in [0.4, 0.5) is 24.5 Å². The van der Waals surface area contributed by atoms with Gasteiger partial charge in [-0.25, -0.2) is 0 Å². The van der Waals surface area contributed by atoms with E-state index in [4.69, 9.17) is 11.6 Å². The molecule has 0 atom stereocenters. The van der Waals surface area contributed by atoms with E-state index in [0.29, 0.717) is 22.0 Å². The Kier molecular flexibility index (Phi) is 4.43. The van der Waals surface area contributed by atoms with Crippen LogP contribution in [0, 0.1) is 24.7 Å². The zero-order valence-electron chi connectivity index (χ0n) is 16.5. The number of hydrogen-bond acceptors (Lipinski definition) is 1. The number of anilines is 2. The first-order valence-electron chi connectivity index (χ1n) is 10.5. The zero-order valence-corrected chi connectivity index (χ0v) is 17.2. The van der Waals surface area contributed by atoms with E-state index in [1.165, 1.54) is 44.1 Å². The van der Waals surface area contributed by atoms with Crippen molar-refractivity contribution in [1.82, 2.24) is 0 Å². The Balaban J connectivity index is 1.42. The summed E-state index contributed by atoms with van der Waals surface area (Å²) >= 11 is 6.60. The average molecular weight is 420 g/mol. The van der Waals surface area contributed by atoms with Crippen LogP contribution < -0.4 is 5.32 Å². The number of aryl methyl sites for hydroxylation is 1. The van der Waals surface area contributed by atoms with Gasteiger partial charge in [0.1, 0.15) is 0 Å². The fourth-order valence-electron chi connectivity index (χ4n) is 6.58. The largest absolute Gasteiger partial charge is 0.416 e. The second-order valence-electron chi connectivity index (χ2n) is 9.60. The van der Waals surface area contributed by atoms with Crippen molar-refractivity contribution in [3.8, 4) is 0 Å². The molecule has 4 aliphatic carbocycles. The Morgan fingerprint density at radius 3 is 2.10 bits per heavy atom. The molecule has 6 rings (SSSR count). The maximum absolute atomic E-state index is 13.1. The number of rotatable bonds is 3. The lowest BCUT2D eigenvalue weighted by atomic mass is 9.48. The lowest BCUT2D eigenvalue weighted by Crippen LogP contribution is -2.48. The Morgan fingerprint density at radius 1 is 0.931 bits per heavy atom. The molecule has 1 nitrogen and oxygen atoms in total. The van der Waals surface area contributed by atoms with Crippen LogP contribution in [-0.4, -0.2) is 0 Å². The van der Waals surface area contributed by atoms with E-state index in [2.05, 4.69) is 17.4 Å². The van der Waals surface area contributed by atoms with E-state index in [1.54, 1.807) is 13.0 Å². The number of nitrogens with one attached hydrogen (secondary N) is 1. The third-order valence-corrected chi connectivity index (χ3v) is 7.62. The average Bonchev–Trinajstić information content (AvgIpc) is 2.61. The summed E-state index contributed by atoms with van der Waals surface area (Å²) in [7, 11) is 0. The van der Waals surface area contributed by atoms with Crippen molar-refractivity contribution in [1.29, 1.82) is 0 Å². The van der Waals surface area contributed by atoms with Gasteiger partial charge in [-0.3, -0.25) is 0 Å². The zero-order chi connectivity index (χ0) is 20.4. The number of benzene rings is 2. The SMILES string of the molecule is Cc1cc(Nc2ccc(C34CC5CC(CC(C5)C3)C4)cc2Cl)cc(C(F)(F)F)c1. The molecule has 0 saturated heterocycles. The first kappa shape index (κ1) is 19.3. The lowest BCUT2D eigenvalue weighted by molar-refractivity contribution is -0.137. The Bertz CT molecular complexity index is 914. The predicted molar refractivity (Wildman–Crippen MR) is 111 cm³/mol. The fraction of sp³-hybridized carbons (Fsp3) is 0.500. The van der Waals surface area contributed by atoms with E-state index in [1.807, 2.05) is 6.07 Å². The van der Waals surface area contributed by atoms with E-state index in [-0.39, 0.29) is 5.41 Å². The molecule has 0 unspecified atom stereocenters. The van der Waals surface area contributed by atoms with Crippen LogP contribution in [0.15, 0.2) is 36.4 Å². The van der Waals surface area contributed by atoms with Crippen molar-refractivity contribution in [2.75, 3.05) is 5.32 Å². The van der Waals surface area contributed by atoms with Gasteiger partial charge in [-0.05, 0) is 110 Å². The molecule has 5 heteroatoms. The third kappa shape index (κ3) is 3.54. The smallest absolute Gasteiger partial charge is 0.354 e. The lowest BCUT2D eigenvalue weighted by Gasteiger charge is -2.57. The van der Waals surface area contributed by atoms with Gasteiger partial charge in [0.2, 0.25) is 0 Å². The number of alkyl halides is 3. The second kappa shape index (κ2) is 6.66. The molecule has 2 aromatic rings. The minimum absolute atomic E-state index is 0.254. The number of hydrogen-bond donors (Lipinski definition) is 1. The van der Waals surface area contributed by atoms with Gasteiger partial charge in [-0.2, -0.15) is 13.2 Å². The summed E-state index contributed by atoms with van der Waals surface area (Å²) in [6.07, 6.45) is 3.58. The van der Waals surface area contributed by atoms with E-state index >= 15 is 0 Å². The molecule has 4 aliphatic rings. The monoisotopic (exact) mass is 419 g/mol. The summed E-state index contributed by atoms with van der Waals surface area (Å²) in [6.45, 7) is 1.66. The summed E-state index contributed by atoms with van der Waals surface area (Å²) in [5, 5.41) is 3.67. The van der Waals surface area contributed by atoms with Crippen molar-refractivity contribution in [2.24, 2.45) is 17.8 Å². The highest BCUT2D eigenvalue weighted by Gasteiger charge is 2.51. The van der Waals surface area contributed by atoms with Crippen LogP contribution in [-0.2, 0) is 11.6 Å². The molecular formula is C24H25ClF3N. The molecule has 0 amide bonds. The van der Waals surface area contributed by atoms with Gasteiger partial charge in [-0.1, -0.05) is 17.7 Å². The van der Waals surface area contributed by atoms with Crippen LogP contribution in [0.2, 0.25) is 5.02 Å². The molecule has 4 fully saturated rings. The minimum Gasteiger partial charge on any atom is -0.354 e. The Labute approximate surface area is 174 Å². The maximum Gasteiger partial charge on any atom is 0.416 e. The summed E-state index contributed by atoms with van der Waals surface area (Å²) in [4.78, 5) is 0. The highest BCUT2D eigenvalue weighted by atomic mass is 35.5. The molecule has 0 aliphatic heterocycles. The van der Waals surface area contributed by atoms with Crippen LogP contribution in [0.25, 0.3) is 0 Å². The number of halogens is 4. The van der Waals surface area contributed by atoms with E-state index in [9.17, 15) is 13.2 Å². The van der Waals surface area contributed by atoms with Gasteiger partial charge in [0.05, 0.1) is 16.3 Å². The second-order valence-corrected chi connectivity index (χ2v) is 10.0. The predicted octanol–water partition coefficient (Wildman–Crippen LogP) is 7.88. The molecule has 2 aromatic carbocycles. The quantitative estimate of drug-likeness (QED) is 0.533. The molecule has 29 heavy (non-hydrogen) atoms. The molecule has 4 bridgehead atoms. The molecular weight excluding hydrogens is 395 g/mol. The maximum atomic E-state index is 13.1. The van der Waals surface area contributed by atoms with Gasteiger partial charge in [0.25, 0.3) is 0 Å². The van der Waals surface area contributed by atoms with Crippen LogP contribution in [0.3, 0.4) is 0 Å².